The van der Waals surface area contributed by atoms with E-state index < -0.39 is 0 Å². The van der Waals surface area contributed by atoms with Gasteiger partial charge < -0.3 is 15.5 Å². The van der Waals surface area contributed by atoms with Gasteiger partial charge in [-0.2, -0.15) is 0 Å². The van der Waals surface area contributed by atoms with Gasteiger partial charge in [-0.1, -0.05) is 42.5 Å². The Morgan fingerprint density at radius 1 is 0.767 bits per heavy atom. The minimum absolute atomic E-state index is 0.240. The van der Waals surface area contributed by atoms with Gasteiger partial charge in [0.1, 0.15) is 11.6 Å². The van der Waals surface area contributed by atoms with Crippen molar-refractivity contribution in [1.82, 2.24) is 14.8 Å². The zero-order chi connectivity index (χ0) is 20.8. The predicted molar refractivity (Wildman–Crippen MR) is 121 cm³/mol. The summed E-state index contributed by atoms with van der Waals surface area (Å²) in [6.45, 7) is 6.41. The van der Waals surface area contributed by atoms with E-state index in [0.717, 1.165) is 57.7 Å². The predicted octanol–water partition coefficient (Wildman–Crippen LogP) is 3.87. The molecule has 0 atom stereocenters. The summed E-state index contributed by atoms with van der Waals surface area (Å²) in [6.07, 6.45) is 1.96. The fourth-order valence-electron chi connectivity index (χ4n) is 3.98. The van der Waals surface area contributed by atoms with Gasteiger partial charge in [-0.25, -0.2) is 9.37 Å². The molecular weight excluding hydrogens is 375 g/mol. The van der Waals surface area contributed by atoms with Crippen LogP contribution >= 0.6 is 0 Å². The third kappa shape index (κ3) is 5.43. The van der Waals surface area contributed by atoms with Crippen LogP contribution in [0.15, 0.2) is 66.7 Å². The van der Waals surface area contributed by atoms with E-state index in [1.54, 1.807) is 24.3 Å². The molecule has 1 fully saturated rings. The molecule has 2 heterocycles. The number of halogens is 1. The number of nitrogen functional groups attached to an aromatic ring is 1. The van der Waals surface area contributed by atoms with E-state index in [1.807, 2.05) is 12.1 Å². The molecule has 1 saturated heterocycles. The van der Waals surface area contributed by atoms with Crippen LogP contribution in [0.4, 0.5) is 10.2 Å². The molecule has 0 bridgehead atoms. The van der Waals surface area contributed by atoms with Crippen molar-refractivity contribution in [2.45, 2.75) is 12.8 Å². The standard InChI is InChI=1S/C25H29FN4/c26-23-19-21(9-10-22(23)24-7-4-8-25(27)28-24)12-14-30-17-15-29(16-18-30)13-11-20-5-2-1-3-6-20/h1-10,19H,11-18H2,(H2,27,28). The number of hydrogen-bond donors (Lipinski definition) is 1. The lowest BCUT2D eigenvalue weighted by Gasteiger charge is -2.34. The average Bonchev–Trinajstić information content (AvgIpc) is 2.78. The van der Waals surface area contributed by atoms with E-state index in [2.05, 4.69) is 45.1 Å². The Balaban J connectivity index is 1.24. The van der Waals surface area contributed by atoms with E-state index in [1.165, 1.54) is 5.56 Å². The van der Waals surface area contributed by atoms with Gasteiger partial charge in [0.2, 0.25) is 0 Å². The lowest BCUT2D eigenvalue weighted by molar-refractivity contribution is 0.134. The fraction of sp³-hybridized carbons (Fsp3) is 0.320. The molecular formula is C25H29FN4. The zero-order valence-corrected chi connectivity index (χ0v) is 17.3. The highest BCUT2D eigenvalue weighted by atomic mass is 19.1. The van der Waals surface area contributed by atoms with E-state index in [4.69, 9.17) is 5.73 Å². The molecule has 30 heavy (non-hydrogen) atoms. The summed E-state index contributed by atoms with van der Waals surface area (Å²) in [5.41, 5.74) is 9.22. The van der Waals surface area contributed by atoms with Crippen LogP contribution in [0.2, 0.25) is 0 Å². The van der Waals surface area contributed by atoms with Crippen LogP contribution in [-0.2, 0) is 12.8 Å². The largest absolute Gasteiger partial charge is 0.384 e. The fourth-order valence-corrected chi connectivity index (χ4v) is 3.98. The Morgan fingerprint density at radius 2 is 1.43 bits per heavy atom. The van der Waals surface area contributed by atoms with Crippen molar-refractivity contribution < 1.29 is 4.39 Å². The van der Waals surface area contributed by atoms with E-state index in [9.17, 15) is 4.39 Å². The molecule has 0 unspecified atom stereocenters. The summed E-state index contributed by atoms with van der Waals surface area (Å²) < 4.78 is 14.6. The number of benzene rings is 2. The maximum atomic E-state index is 14.6. The highest BCUT2D eigenvalue weighted by Crippen LogP contribution is 2.23. The third-order valence-electron chi connectivity index (χ3n) is 5.82. The quantitative estimate of drug-likeness (QED) is 0.649. The molecule has 2 N–H and O–H groups in total. The van der Waals surface area contributed by atoms with Gasteiger partial charge in [-0.3, -0.25) is 0 Å². The van der Waals surface area contributed by atoms with Gasteiger partial charge in [-0.05, 0) is 48.2 Å². The number of anilines is 1. The Kier molecular flexibility index (Phi) is 6.72. The molecule has 1 aromatic heterocycles. The second kappa shape index (κ2) is 9.83. The van der Waals surface area contributed by atoms with Crippen molar-refractivity contribution in [3.63, 3.8) is 0 Å². The maximum Gasteiger partial charge on any atom is 0.132 e. The zero-order valence-electron chi connectivity index (χ0n) is 17.3. The molecule has 4 rings (SSSR count). The van der Waals surface area contributed by atoms with E-state index in [-0.39, 0.29) is 5.82 Å². The number of piperazine rings is 1. The second-order valence-corrected chi connectivity index (χ2v) is 7.93. The minimum atomic E-state index is -0.240. The maximum absolute atomic E-state index is 14.6. The summed E-state index contributed by atoms with van der Waals surface area (Å²) in [7, 11) is 0. The summed E-state index contributed by atoms with van der Waals surface area (Å²) >= 11 is 0. The van der Waals surface area contributed by atoms with Crippen LogP contribution in [0.3, 0.4) is 0 Å². The molecule has 0 aliphatic carbocycles. The molecule has 2 aromatic carbocycles. The number of nitrogens with two attached hydrogens (primary N) is 1. The number of nitrogens with zero attached hydrogens (tertiary/aromatic N) is 3. The molecule has 0 spiro atoms. The van der Waals surface area contributed by atoms with Crippen molar-refractivity contribution in [2.75, 3.05) is 45.0 Å². The molecule has 0 radical (unpaired) electrons. The Morgan fingerprint density at radius 3 is 2.07 bits per heavy atom. The Bertz CT molecular complexity index is 952. The summed E-state index contributed by atoms with van der Waals surface area (Å²) in [5.74, 6) is 0.162. The highest BCUT2D eigenvalue weighted by molar-refractivity contribution is 5.62. The first kappa shape index (κ1) is 20.5. The van der Waals surface area contributed by atoms with Gasteiger partial charge in [0.15, 0.2) is 0 Å². The first-order valence-electron chi connectivity index (χ1n) is 10.7. The highest BCUT2D eigenvalue weighted by Gasteiger charge is 2.16. The molecule has 156 valence electrons. The first-order valence-corrected chi connectivity index (χ1v) is 10.7. The van der Waals surface area contributed by atoms with Crippen molar-refractivity contribution in [1.29, 1.82) is 0 Å². The van der Waals surface area contributed by atoms with E-state index >= 15 is 0 Å². The number of rotatable bonds is 7. The van der Waals surface area contributed by atoms with Gasteiger partial charge in [-0.15, -0.1) is 0 Å². The summed E-state index contributed by atoms with van der Waals surface area (Å²) in [4.78, 5) is 9.23. The number of pyridine rings is 1. The molecule has 0 saturated carbocycles. The van der Waals surface area contributed by atoms with Crippen LogP contribution in [0, 0.1) is 5.82 Å². The molecule has 4 nitrogen and oxygen atoms in total. The summed E-state index contributed by atoms with van der Waals surface area (Å²) in [6, 6.07) is 21.4. The third-order valence-corrected chi connectivity index (χ3v) is 5.82. The van der Waals surface area contributed by atoms with Gasteiger partial charge in [0.25, 0.3) is 0 Å². The second-order valence-electron chi connectivity index (χ2n) is 7.93. The molecule has 1 aliphatic heterocycles. The smallest absolute Gasteiger partial charge is 0.132 e. The Hall–Kier alpha value is -2.76. The van der Waals surface area contributed by atoms with Gasteiger partial charge in [0.05, 0.1) is 5.69 Å². The van der Waals surface area contributed by atoms with Crippen molar-refractivity contribution in [3.8, 4) is 11.3 Å². The molecule has 0 amide bonds. The van der Waals surface area contributed by atoms with Crippen molar-refractivity contribution in [2.24, 2.45) is 0 Å². The average molecular weight is 405 g/mol. The molecule has 3 aromatic rings. The van der Waals surface area contributed by atoms with E-state index in [0.29, 0.717) is 17.1 Å². The SMILES string of the molecule is Nc1cccc(-c2ccc(CCN3CCN(CCc4ccccc4)CC3)cc2F)n1. The molecule has 5 heteroatoms. The van der Waals surface area contributed by atoms with Crippen LogP contribution in [0.1, 0.15) is 11.1 Å². The Labute approximate surface area is 178 Å². The van der Waals surface area contributed by atoms with Crippen LogP contribution in [0.25, 0.3) is 11.3 Å². The number of hydrogen-bond acceptors (Lipinski definition) is 4. The minimum Gasteiger partial charge on any atom is -0.384 e. The van der Waals surface area contributed by atoms with Crippen LogP contribution in [0.5, 0.6) is 0 Å². The van der Waals surface area contributed by atoms with Crippen molar-refractivity contribution >= 4 is 5.82 Å². The van der Waals surface area contributed by atoms with Gasteiger partial charge in [0, 0.05) is 44.8 Å². The van der Waals surface area contributed by atoms with Crippen molar-refractivity contribution in [3.05, 3.63) is 83.7 Å². The summed E-state index contributed by atoms with van der Waals surface area (Å²) in [5, 5.41) is 0. The first-order chi connectivity index (χ1) is 14.7. The lowest BCUT2D eigenvalue weighted by Crippen LogP contribution is -2.47. The van der Waals surface area contributed by atoms with Gasteiger partial charge >= 0.3 is 0 Å². The van der Waals surface area contributed by atoms with Crippen LogP contribution < -0.4 is 5.73 Å². The normalized spacial score (nSPS) is 15.4. The monoisotopic (exact) mass is 404 g/mol. The lowest BCUT2D eigenvalue weighted by atomic mass is 10.1. The molecule has 1 aliphatic rings. The van der Waals surface area contributed by atoms with Crippen LogP contribution in [-0.4, -0.2) is 54.1 Å². The topological polar surface area (TPSA) is 45.4 Å². The number of aromatic nitrogens is 1.